The Kier molecular flexibility index (Phi) is 4.78. The van der Waals surface area contributed by atoms with Crippen LogP contribution >= 0.6 is 11.6 Å². The highest BCUT2D eigenvalue weighted by atomic mass is 35.5. The summed E-state index contributed by atoms with van der Waals surface area (Å²) in [5.74, 6) is -0.413. The van der Waals surface area contributed by atoms with Crippen molar-refractivity contribution < 1.29 is 9.53 Å². The highest BCUT2D eigenvalue weighted by molar-refractivity contribution is 6.30. The third kappa shape index (κ3) is 3.51. The van der Waals surface area contributed by atoms with E-state index in [1.165, 1.54) is 5.57 Å². The summed E-state index contributed by atoms with van der Waals surface area (Å²) in [6, 6.07) is 9.34. The fourth-order valence-corrected chi connectivity index (χ4v) is 3.43. The van der Waals surface area contributed by atoms with Gasteiger partial charge in [-0.3, -0.25) is 0 Å². The number of carbonyl (C=O) groups is 1. The molecule has 134 valence electrons. The number of ether oxygens (including phenoxy) is 1. The number of rotatable bonds is 3. The van der Waals surface area contributed by atoms with Crippen molar-refractivity contribution in [2.24, 2.45) is 0 Å². The Morgan fingerprint density at radius 1 is 1.15 bits per heavy atom. The smallest absolute Gasteiger partial charge is 0.356 e. The number of fused-ring (bicyclic) bond motifs is 4. The van der Waals surface area contributed by atoms with Gasteiger partial charge in [0.1, 0.15) is 5.69 Å². The molecule has 0 amide bonds. The van der Waals surface area contributed by atoms with Crippen molar-refractivity contribution in [2.75, 3.05) is 6.61 Å². The second-order valence-corrected chi connectivity index (χ2v) is 6.81. The highest BCUT2D eigenvalue weighted by Gasteiger charge is 2.21. The number of aromatic nitrogens is 1. The summed E-state index contributed by atoms with van der Waals surface area (Å²) in [6.45, 7) is 2.10. The van der Waals surface area contributed by atoms with Crippen LogP contribution in [0.15, 0.2) is 66.3 Å². The number of esters is 1. The van der Waals surface area contributed by atoms with Crippen LogP contribution < -0.4 is 0 Å². The average Bonchev–Trinajstić information content (AvgIpc) is 3.02. The minimum atomic E-state index is -0.413. The molecule has 0 aliphatic heterocycles. The van der Waals surface area contributed by atoms with E-state index in [-0.39, 0.29) is 0 Å². The van der Waals surface area contributed by atoms with Crippen molar-refractivity contribution in [1.29, 1.82) is 0 Å². The monoisotopic (exact) mass is 375 g/mol. The van der Waals surface area contributed by atoms with Crippen LogP contribution in [-0.2, 0) is 4.74 Å². The first kappa shape index (κ1) is 17.5. The van der Waals surface area contributed by atoms with Crippen LogP contribution in [0.3, 0.4) is 0 Å². The maximum absolute atomic E-state index is 12.4. The van der Waals surface area contributed by atoms with Crippen LogP contribution in [-0.4, -0.2) is 17.6 Å². The Bertz CT molecular complexity index is 1030. The standard InChI is InChI=1S/C23H18ClNO2/c1-2-27-23(26)21-14-20-17-6-4-3-5-15(13-17)7-12-19(20)22(25-21)16-8-10-18(24)11-9-16/h3-12,14H,2,13H2,1H3. The number of carbonyl (C=O) groups excluding carboxylic acids is 1. The van der Waals surface area contributed by atoms with Crippen molar-refractivity contribution in [2.45, 2.75) is 13.3 Å². The lowest BCUT2D eigenvalue weighted by molar-refractivity contribution is 0.0519. The van der Waals surface area contributed by atoms with E-state index in [2.05, 4.69) is 29.3 Å². The van der Waals surface area contributed by atoms with E-state index in [1.54, 1.807) is 6.92 Å². The van der Waals surface area contributed by atoms with Crippen LogP contribution in [0.5, 0.6) is 0 Å². The molecule has 0 radical (unpaired) electrons. The number of hydrogen-bond donors (Lipinski definition) is 0. The van der Waals surface area contributed by atoms with E-state index in [0.717, 1.165) is 34.4 Å². The van der Waals surface area contributed by atoms with Gasteiger partial charge in [0.05, 0.1) is 12.3 Å². The molecule has 0 saturated heterocycles. The van der Waals surface area contributed by atoms with E-state index < -0.39 is 5.97 Å². The molecular weight excluding hydrogens is 358 g/mol. The summed E-state index contributed by atoms with van der Waals surface area (Å²) in [7, 11) is 0. The topological polar surface area (TPSA) is 39.2 Å². The molecule has 4 heteroatoms. The Balaban J connectivity index is 1.97. The summed E-state index contributed by atoms with van der Waals surface area (Å²) in [6.07, 6.45) is 13.3. The van der Waals surface area contributed by atoms with Crippen LogP contribution in [0.2, 0.25) is 5.02 Å². The first-order valence-corrected chi connectivity index (χ1v) is 9.26. The number of allylic oxidation sites excluding steroid dienone is 7. The molecule has 27 heavy (non-hydrogen) atoms. The van der Waals surface area contributed by atoms with Gasteiger partial charge in [-0.15, -0.1) is 0 Å². The predicted molar refractivity (Wildman–Crippen MR) is 109 cm³/mol. The molecule has 2 aliphatic rings. The molecule has 1 heterocycles. The molecule has 2 bridgehead atoms. The molecule has 0 fully saturated rings. The average molecular weight is 376 g/mol. The zero-order valence-corrected chi connectivity index (χ0v) is 15.7. The van der Waals surface area contributed by atoms with Crippen molar-refractivity contribution in [3.05, 3.63) is 88.1 Å². The van der Waals surface area contributed by atoms with Crippen LogP contribution in [0.4, 0.5) is 0 Å². The van der Waals surface area contributed by atoms with Crippen LogP contribution in [0.25, 0.3) is 22.9 Å². The van der Waals surface area contributed by atoms with Gasteiger partial charge in [-0.25, -0.2) is 9.78 Å². The minimum absolute atomic E-state index is 0.312. The molecule has 2 aromatic rings. The molecule has 0 saturated carbocycles. The van der Waals surface area contributed by atoms with E-state index in [1.807, 2.05) is 42.5 Å². The fourth-order valence-electron chi connectivity index (χ4n) is 3.31. The van der Waals surface area contributed by atoms with E-state index >= 15 is 0 Å². The maximum Gasteiger partial charge on any atom is 0.356 e. The van der Waals surface area contributed by atoms with Crippen molar-refractivity contribution >= 4 is 29.2 Å². The number of benzene rings is 1. The molecular formula is C23H18ClNO2. The maximum atomic E-state index is 12.4. The molecule has 0 spiro atoms. The Morgan fingerprint density at radius 2 is 1.93 bits per heavy atom. The number of hydrogen-bond acceptors (Lipinski definition) is 3. The van der Waals surface area contributed by atoms with Gasteiger partial charge in [0.15, 0.2) is 0 Å². The summed E-state index contributed by atoms with van der Waals surface area (Å²) < 4.78 is 5.20. The summed E-state index contributed by atoms with van der Waals surface area (Å²) >= 11 is 6.05. The molecule has 2 aliphatic carbocycles. The normalized spacial score (nSPS) is 14.6. The van der Waals surface area contributed by atoms with Crippen LogP contribution in [0.1, 0.15) is 35.0 Å². The zero-order valence-electron chi connectivity index (χ0n) is 14.9. The van der Waals surface area contributed by atoms with Gasteiger partial charge in [-0.1, -0.05) is 60.2 Å². The van der Waals surface area contributed by atoms with Crippen molar-refractivity contribution in [1.82, 2.24) is 4.98 Å². The van der Waals surface area contributed by atoms with Gasteiger partial charge in [0.2, 0.25) is 0 Å². The molecule has 0 unspecified atom stereocenters. The Morgan fingerprint density at radius 3 is 2.70 bits per heavy atom. The third-order valence-corrected chi connectivity index (χ3v) is 4.84. The van der Waals surface area contributed by atoms with Gasteiger partial charge < -0.3 is 4.74 Å². The lowest BCUT2D eigenvalue weighted by Gasteiger charge is -2.15. The molecule has 3 nitrogen and oxygen atoms in total. The Hall–Kier alpha value is -2.91. The molecule has 1 aromatic heterocycles. The quantitative estimate of drug-likeness (QED) is 0.629. The second-order valence-electron chi connectivity index (χ2n) is 6.37. The third-order valence-electron chi connectivity index (χ3n) is 4.58. The summed E-state index contributed by atoms with van der Waals surface area (Å²) in [5.41, 5.74) is 6.34. The number of halogens is 1. The van der Waals surface area contributed by atoms with Gasteiger partial charge in [0.25, 0.3) is 0 Å². The van der Waals surface area contributed by atoms with E-state index in [4.69, 9.17) is 16.3 Å². The van der Waals surface area contributed by atoms with Gasteiger partial charge in [-0.2, -0.15) is 0 Å². The SMILES string of the molecule is CCOC(=O)c1cc2c(c(-c3ccc(Cl)cc3)n1)C=CC1=CC=CC=C2C1. The number of nitrogens with zero attached hydrogens (tertiary/aromatic N) is 1. The van der Waals surface area contributed by atoms with Gasteiger partial charge in [0, 0.05) is 16.1 Å². The van der Waals surface area contributed by atoms with E-state index in [9.17, 15) is 4.79 Å². The van der Waals surface area contributed by atoms with Crippen LogP contribution in [0, 0.1) is 0 Å². The summed E-state index contributed by atoms with van der Waals surface area (Å²) in [5, 5.41) is 0.660. The lowest BCUT2D eigenvalue weighted by Crippen LogP contribution is -2.10. The van der Waals surface area contributed by atoms with E-state index in [0.29, 0.717) is 17.3 Å². The second kappa shape index (κ2) is 7.37. The molecule has 4 rings (SSSR count). The van der Waals surface area contributed by atoms with Crippen molar-refractivity contribution in [3.8, 4) is 11.3 Å². The molecule has 0 atom stereocenters. The highest BCUT2D eigenvalue weighted by Crippen LogP contribution is 2.37. The molecule has 1 aromatic carbocycles. The Labute approximate surface area is 163 Å². The van der Waals surface area contributed by atoms with Crippen molar-refractivity contribution in [3.63, 3.8) is 0 Å². The number of pyridine rings is 1. The largest absolute Gasteiger partial charge is 0.461 e. The minimum Gasteiger partial charge on any atom is -0.461 e. The lowest BCUT2D eigenvalue weighted by atomic mass is 9.94. The summed E-state index contributed by atoms with van der Waals surface area (Å²) in [4.78, 5) is 17.1. The van der Waals surface area contributed by atoms with Gasteiger partial charge >= 0.3 is 5.97 Å². The fraction of sp³-hybridized carbons (Fsp3) is 0.130. The zero-order chi connectivity index (χ0) is 18.8. The van der Waals surface area contributed by atoms with Gasteiger partial charge in [-0.05, 0) is 48.3 Å². The first-order chi connectivity index (χ1) is 13.2. The first-order valence-electron chi connectivity index (χ1n) is 8.88. The molecule has 0 N–H and O–H groups in total. The predicted octanol–water partition coefficient (Wildman–Crippen LogP) is 5.88.